The highest BCUT2D eigenvalue weighted by Gasteiger charge is 2.23. The van der Waals surface area contributed by atoms with Crippen LogP contribution in [0.5, 0.6) is 0 Å². The third kappa shape index (κ3) is 2.61. The van der Waals surface area contributed by atoms with E-state index in [1.807, 2.05) is 18.2 Å². The molecule has 0 atom stereocenters. The van der Waals surface area contributed by atoms with Gasteiger partial charge in [-0.1, -0.05) is 26.2 Å². The zero-order valence-corrected chi connectivity index (χ0v) is 16.7. The second-order valence-corrected chi connectivity index (χ2v) is 7.41. The summed E-state index contributed by atoms with van der Waals surface area (Å²) in [5.74, 6) is 0.723. The van der Waals surface area contributed by atoms with Gasteiger partial charge in [0.2, 0.25) is 5.78 Å². The van der Waals surface area contributed by atoms with Crippen LogP contribution in [0.25, 0.3) is 16.9 Å². The van der Waals surface area contributed by atoms with Gasteiger partial charge in [0.15, 0.2) is 11.2 Å². The van der Waals surface area contributed by atoms with Crippen molar-refractivity contribution >= 4 is 16.9 Å². The molecule has 0 aliphatic carbocycles. The Hall–Kier alpha value is -2.31. The zero-order chi connectivity index (χ0) is 19.2. The molecule has 0 unspecified atom stereocenters. The monoisotopic (exact) mass is 359 g/mol. The number of hydrogen-bond donors (Lipinski definition) is 0. The van der Waals surface area contributed by atoms with E-state index in [2.05, 4.69) is 30.3 Å². The molecule has 3 heterocycles. The molecule has 3 aromatic heterocycles. The number of nitrogens with zero attached hydrogens (tertiary/aromatic N) is 5. The summed E-state index contributed by atoms with van der Waals surface area (Å²) >= 11 is 0. The van der Waals surface area contributed by atoms with Gasteiger partial charge < -0.3 is 4.57 Å². The maximum atomic E-state index is 13.2. The van der Waals surface area contributed by atoms with Crippen LogP contribution in [0.1, 0.15) is 63.9 Å². The number of aryl methyl sites for hydroxylation is 2. The van der Waals surface area contributed by atoms with Gasteiger partial charge in [0.05, 0.1) is 0 Å². The quantitative estimate of drug-likeness (QED) is 0.636. The summed E-state index contributed by atoms with van der Waals surface area (Å²) in [6, 6.07) is 0.219. The van der Waals surface area contributed by atoms with Crippen LogP contribution in [0.3, 0.4) is 0 Å². The molecule has 7 nitrogen and oxygen atoms in total. The average Bonchev–Trinajstić information content (AvgIpc) is 3.08. The van der Waals surface area contributed by atoms with Crippen molar-refractivity contribution in [2.75, 3.05) is 0 Å². The first-order chi connectivity index (χ1) is 12.3. The molecule has 142 valence electrons. The van der Waals surface area contributed by atoms with Gasteiger partial charge in [-0.2, -0.15) is 4.98 Å². The topological polar surface area (TPSA) is 66.2 Å². The predicted octanol–water partition coefficient (Wildman–Crippen LogP) is 2.93. The second kappa shape index (κ2) is 6.78. The summed E-state index contributed by atoms with van der Waals surface area (Å²) in [6.45, 7) is 10.8. The molecule has 26 heavy (non-hydrogen) atoms. The third-order valence-corrected chi connectivity index (χ3v) is 5.31. The Morgan fingerprint density at radius 1 is 1.04 bits per heavy atom. The molecule has 0 N–H and O–H groups in total. The van der Waals surface area contributed by atoms with Gasteiger partial charge in [0.25, 0.3) is 5.56 Å². The van der Waals surface area contributed by atoms with E-state index in [4.69, 9.17) is 0 Å². The lowest BCUT2D eigenvalue weighted by atomic mass is 10.2. The zero-order valence-electron chi connectivity index (χ0n) is 16.7. The highest BCUT2D eigenvalue weighted by molar-refractivity contribution is 5.76. The highest BCUT2D eigenvalue weighted by atomic mass is 16.2. The van der Waals surface area contributed by atoms with Crippen LogP contribution < -0.4 is 11.2 Å². The fourth-order valence-electron chi connectivity index (χ4n) is 3.79. The van der Waals surface area contributed by atoms with Gasteiger partial charge in [0, 0.05) is 31.0 Å². The number of rotatable bonds is 6. The normalized spacial score (nSPS) is 12.1. The van der Waals surface area contributed by atoms with Crippen molar-refractivity contribution in [3.8, 4) is 0 Å². The van der Waals surface area contributed by atoms with Crippen molar-refractivity contribution < 1.29 is 0 Å². The Kier molecular flexibility index (Phi) is 4.82. The Balaban J connectivity index is 2.31. The highest BCUT2D eigenvalue weighted by Crippen LogP contribution is 2.23. The number of aromatic nitrogens is 5. The van der Waals surface area contributed by atoms with Crippen LogP contribution in [0.15, 0.2) is 9.59 Å². The van der Waals surface area contributed by atoms with E-state index in [-0.39, 0.29) is 17.3 Å². The van der Waals surface area contributed by atoms with Crippen molar-refractivity contribution in [1.29, 1.82) is 0 Å². The van der Waals surface area contributed by atoms with E-state index in [0.717, 1.165) is 42.8 Å². The Morgan fingerprint density at radius 2 is 1.73 bits per heavy atom. The predicted molar refractivity (Wildman–Crippen MR) is 104 cm³/mol. The van der Waals surface area contributed by atoms with Crippen molar-refractivity contribution in [3.63, 3.8) is 0 Å². The molecule has 0 spiro atoms. The molecule has 0 amide bonds. The van der Waals surface area contributed by atoms with Crippen molar-refractivity contribution in [2.24, 2.45) is 7.05 Å². The SMILES string of the molecule is CCCCCCn1c(=O)c2c(nc3n(C(C)C)c(C)c(C)n23)n(C)c1=O. The Bertz CT molecular complexity index is 1080. The lowest BCUT2D eigenvalue weighted by Crippen LogP contribution is -2.39. The molecule has 0 aromatic carbocycles. The van der Waals surface area contributed by atoms with Crippen LogP contribution in [0.4, 0.5) is 0 Å². The average molecular weight is 359 g/mol. The second-order valence-electron chi connectivity index (χ2n) is 7.41. The summed E-state index contributed by atoms with van der Waals surface area (Å²) in [5.41, 5.74) is 2.51. The van der Waals surface area contributed by atoms with E-state index >= 15 is 0 Å². The molecule has 0 bridgehead atoms. The van der Waals surface area contributed by atoms with Crippen molar-refractivity contribution in [1.82, 2.24) is 23.1 Å². The third-order valence-electron chi connectivity index (χ3n) is 5.31. The van der Waals surface area contributed by atoms with Gasteiger partial charge >= 0.3 is 5.69 Å². The fourth-order valence-corrected chi connectivity index (χ4v) is 3.79. The first-order valence-electron chi connectivity index (χ1n) is 9.50. The summed E-state index contributed by atoms with van der Waals surface area (Å²) < 4.78 is 6.90. The number of imidazole rings is 2. The maximum absolute atomic E-state index is 13.2. The number of unbranched alkanes of at least 4 members (excludes halogenated alkanes) is 3. The minimum absolute atomic E-state index is 0.219. The summed E-state index contributed by atoms with van der Waals surface area (Å²) in [7, 11) is 1.70. The molecular formula is C19H29N5O2. The molecule has 0 saturated heterocycles. The molecule has 3 rings (SSSR count). The first-order valence-corrected chi connectivity index (χ1v) is 9.50. The van der Waals surface area contributed by atoms with Crippen molar-refractivity contribution in [2.45, 2.75) is 72.9 Å². The van der Waals surface area contributed by atoms with E-state index in [1.54, 1.807) is 7.05 Å². The van der Waals surface area contributed by atoms with Crippen LogP contribution >= 0.6 is 0 Å². The molecule has 3 aromatic rings. The Labute approximate surface area is 152 Å². The van der Waals surface area contributed by atoms with Crippen LogP contribution in [-0.4, -0.2) is 23.1 Å². The summed E-state index contributed by atoms with van der Waals surface area (Å²) in [5, 5.41) is 0. The molecule has 0 aliphatic heterocycles. The van der Waals surface area contributed by atoms with E-state index in [9.17, 15) is 9.59 Å². The molecule has 0 radical (unpaired) electrons. The minimum Gasteiger partial charge on any atom is -0.311 e. The van der Waals surface area contributed by atoms with Crippen LogP contribution in [0.2, 0.25) is 0 Å². The Morgan fingerprint density at radius 3 is 2.35 bits per heavy atom. The summed E-state index contributed by atoms with van der Waals surface area (Å²) in [4.78, 5) is 30.5. The van der Waals surface area contributed by atoms with Gasteiger partial charge in [-0.05, 0) is 34.1 Å². The van der Waals surface area contributed by atoms with Crippen LogP contribution in [0, 0.1) is 13.8 Å². The molecule has 7 heteroatoms. The largest absolute Gasteiger partial charge is 0.332 e. The number of fused-ring (bicyclic) bond motifs is 3. The minimum atomic E-state index is -0.287. The smallest absolute Gasteiger partial charge is 0.311 e. The van der Waals surface area contributed by atoms with Gasteiger partial charge in [-0.3, -0.25) is 18.3 Å². The van der Waals surface area contributed by atoms with Gasteiger partial charge in [-0.15, -0.1) is 0 Å². The molecule has 0 aliphatic rings. The van der Waals surface area contributed by atoms with Gasteiger partial charge in [-0.25, -0.2) is 4.79 Å². The lowest BCUT2D eigenvalue weighted by Gasteiger charge is -2.10. The lowest BCUT2D eigenvalue weighted by molar-refractivity contribution is 0.539. The van der Waals surface area contributed by atoms with E-state index in [1.165, 1.54) is 9.13 Å². The number of hydrogen-bond acceptors (Lipinski definition) is 3. The molecule has 0 fully saturated rings. The van der Waals surface area contributed by atoms with Crippen molar-refractivity contribution in [3.05, 3.63) is 32.2 Å². The fraction of sp³-hybridized carbons (Fsp3) is 0.632. The van der Waals surface area contributed by atoms with E-state index in [0.29, 0.717) is 17.7 Å². The first kappa shape index (κ1) is 18.5. The maximum Gasteiger partial charge on any atom is 0.332 e. The van der Waals surface area contributed by atoms with Crippen LogP contribution in [-0.2, 0) is 13.6 Å². The summed E-state index contributed by atoms with van der Waals surface area (Å²) in [6.07, 6.45) is 4.09. The molecule has 0 saturated carbocycles. The van der Waals surface area contributed by atoms with Gasteiger partial charge in [0.1, 0.15) is 0 Å². The standard InChI is InChI=1S/C19H29N5O2/c1-7-8-9-10-11-22-17(25)15-16(21(6)19(22)26)20-18-23(12(2)3)13(4)14(5)24(15)18/h12H,7-11H2,1-6H3. The van der Waals surface area contributed by atoms with E-state index < -0.39 is 0 Å². The molecular weight excluding hydrogens is 330 g/mol.